The van der Waals surface area contributed by atoms with Crippen molar-refractivity contribution in [1.29, 1.82) is 0 Å². The lowest BCUT2D eigenvalue weighted by Gasteiger charge is -2.31. The monoisotopic (exact) mass is 473 g/mol. The number of rotatable bonds is 5. The van der Waals surface area contributed by atoms with E-state index in [0.29, 0.717) is 31.0 Å². The number of hydrogen-bond acceptors (Lipinski definition) is 4. The molecule has 1 aliphatic carbocycles. The molecule has 2 aromatic carbocycles. The van der Waals surface area contributed by atoms with Crippen molar-refractivity contribution in [2.45, 2.75) is 51.0 Å². The Bertz CT molecular complexity index is 1250. The van der Waals surface area contributed by atoms with Crippen molar-refractivity contribution < 1.29 is 14.3 Å². The number of nitrogens with zero attached hydrogens (tertiary/aromatic N) is 3. The van der Waals surface area contributed by atoms with Crippen LogP contribution in [0.5, 0.6) is 0 Å². The van der Waals surface area contributed by atoms with E-state index >= 15 is 0 Å². The van der Waals surface area contributed by atoms with Crippen LogP contribution in [0.1, 0.15) is 60.4 Å². The van der Waals surface area contributed by atoms with E-state index in [-0.39, 0.29) is 11.9 Å². The number of likely N-dealkylation sites (N-methyl/N-ethyl adjacent to an activating group) is 1. The number of hydrogen-bond donors (Lipinski definition) is 0. The third-order valence-corrected chi connectivity index (χ3v) is 7.61. The molecule has 0 saturated heterocycles. The number of para-hydroxylation sites is 1. The number of anilines is 1. The van der Waals surface area contributed by atoms with Crippen LogP contribution in [0.15, 0.2) is 42.5 Å². The summed E-state index contributed by atoms with van der Waals surface area (Å²) in [6, 6.07) is 14.3. The molecular weight excluding hydrogens is 438 g/mol. The number of esters is 1. The standard InChI is InChI=1S/C29H35N3O3/c1-30(2)17-18-31-24-12-8-7-11-23(24)28-27(20-9-5-4-6-10-20)22-14-13-21(29(34)35-3)19-25(22)32(28)16-15-26(31)33/h7-8,11-14,19-20H,4-6,9-10,15-18H2,1-3H3. The van der Waals surface area contributed by atoms with Gasteiger partial charge in [0.1, 0.15) is 0 Å². The molecule has 0 atom stereocenters. The average molecular weight is 474 g/mol. The third kappa shape index (κ3) is 4.36. The maximum Gasteiger partial charge on any atom is 0.337 e. The van der Waals surface area contributed by atoms with Gasteiger partial charge in [0, 0.05) is 42.5 Å². The molecule has 2 aliphatic rings. The van der Waals surface area contributed by atoms with Crippen LogP contribution in [-0.4, -0.2) is 55.6 Å². The first-order valence-corrected chi connectivity index (χ1v) is 12.8. The van der Waals surface area contributed by atoms with Gasteiger partial charge in [-0.2, -0.15) is 0 Å². The summed E-state index contributed by atoms with van der Waals surface area (Å²) in [5.41, 5.74) is 6.25. The number of benzene rings is 2. The van der Waals surface area contributed by atoms with E-state index < -0.39 is 0 Å². The molecule has 3 aromatic rings. The Balaban J connectivity index is 1.77. The summed E-state index contributed by atoms with van der Waals surface area (Å²) in [6.45, 7) is 2.06. The number of methoxy groups -OCH3 is 1. The van der Waals surface area contributed by atoms with E-state index in [1.54, 1.807) is 0 Å². The highest BCUT2D eigenvalue weighted by Crippen LogP contribution is 2.47. The molecule has 2 heterocycles. The fourth-order valence-corrected chi connectivity index (χ4v) is 5.88. The van der Waals surface area contributed by atoms with Gasteiger partial charge in [-0.3, -0.25) is 4.79 Å². The zero-order chi connectivity index (χ0) is 24.5. The van der Waals surface area contributed by atoms with Gasteiger partial charge < -0.3 is 19.1 Å². The molecular formula is C29H35N3O3. The van der Waals surface area contributed by atoms with Crippen LogP contribution in [0.2, 0.25) is 0 Å². The predicted octanol–water partition coefficient (Wildman–Crippen LogP) is 5.44. The van der Waals surface area contributed by atoms with E-state index in [9.17, 15) is 9.59 Å². The molecule has 6 heteroatoms. The minimum Gasteiger partial charge on any atom is -0.465 e. The topological polar surface area (TPSA) is 54.8 Å². The summed E-state index contributed by atoms with van der Waals surface area (Å²) in [7, 11) is 5.50. The molecule has 1 saturated carbocycles. The minimum absolute atomic E-state index is 0.134. The minimum atomic E-state index is -0.334. The van der Waals surface area contributed by atoms with Crippen LogP contribution in [0, 0.1) is 0 Å². The fourth-order valence-electron chi connectivity index (χ4n) is 5.88. The van der Waals surface area contributed by atoms with E-state index in [1.807, 2.05) is 37.2 Å². The van der Waals surface area contributed by atoms with E-state index in [4.69, 9.17) is 4.74 Å². The number of aromatic nitrogens is 1. The van der Waals surface area contributed by atoms with Crippen molar-refractivity contribution in [2.75, 3.05) is 39.2 Å². The Morgan fingerprint density at radius 1 is 1.09 bits per heavy atom. The zero-order valence-electron chi connectivity index (χ0n) is 21.0. The number of amides is 1. The summed E-state index contributed by atoms with van der Waals surface area (Å²) in [6.07, 6.45) is 6.55. The van der Waals surface area contributed by atoms with Crippen LogP contribution in [-0.2, 0) is 16.1 Å². The molecule has 35 heavy (non-hydrogen) atoms. The molecule has 1 fully saturated rings. The van der Waals surface area contributed by atoms with Crippen LogP contribution in [0.3, 0.4) is 0 Å². The number of carbonyl (C=O) groups is 2. The summed E-state index contributed by atoms with van der Waals surface area (Å²) >= 11 is 0. The number of carbonyl (C=O) groups excluding carboxylic acids is 2. The highest BCUT2D eigenvalue weighted by Gasteiger charge is 2.31. The predicted molar refractivity (Wildman–Crippen MR) is 140 cm³/mol. The zero-order valence-corrected chi connectivity index (χ0v) is 21.0. The van der Waals surface area contributed by atoms with Crippen LogP contribution < -0.4 is 4.90 Å². The Kier molecular flexibility index (Phi) is 6.65. The summed E-state index contributed by atoms with van der Waals surface area (Å²) in [4.78, 5) is 29.9. The van der Waals surface area contributed by atoms with Gasteiger partial charge in [-0.05, 0) is 56.6 Å². The molecule has 1 aliphatic heterocycles. The summed E-state index contributed by atoms with van der Waals surface area (Å²) < 4.78 is 7.32. The lowest BCUT2D eigenvalue weighted by atomic mass is 9.81. The van der Waals surface area contributed by atoms with Crippen LogP contribution in [0.4, 0.5) is 5.69 Å². The van der Waals surface area contributed by atoms with Gasteiger partial charge in [0.15, 0.2) is 0 Å². The van der Waals surface area contributed by atoms with Gasteiger partial charge in [-0.15, -0.1) is 0 Å². The lowest BCUT2D eigenvalue weighted by Crippen LogP contribution is -2.38. The first-order chi connectivity index (χ1) is 17.0. The smallest absolute Gasteiger partial charge is 0.337 e. The number of ether oxygens (including phenoxy) is 1. The Hall–Kier alpha value is -3.12. The molecule has 0 N–H and O–H groups in total. The van der Waals surface area contributed by atoms with Gasteiger partial charge in [0.2, 0.25) is 5.91 Å². The van der Waals surface area contributed by atoms with E-state index in [2.05, 4.69) is 33.7 Å². The van der Waals surface area contributed by atoms with Gasteiger partial charge in [-0.1, -0.05) is 43.5 Å². The molecule has 0 bridgehead atoms. The van der Waals surface area contributed by atoms with Crippen molar-refractivity contribution in [3.63, 3.8) is 0 Å². The molecule has 5 rings (SSSR count). The SMILES string of the molecule is COC(=O)c1ccc2c(C3CCCCC3)c3n(c2c1)CCC(=O)N(CCN(C)C)c1ccccc1-3. The van der Waals surface area contributed by atoms with Crippen LogP contribution >= 0.6 is 0 Å². The fraction of sp³-hybridized carbons (Fsp3) is 0.448. The normalized spacial score (nSPS) is 16.7. The second-order valence-corrected chi connectivity index (χ2v) is 10.1. The molecule has 0 unspecified atom stereocenters. The summed E-state index contributed by atoms with van der Waals surface area (Å²) in [5.74, 6) is 0.277. The molecule has 184 valence electrons. The molecule has 0 radical (unpaired) electrons. The lowest BCUT2D eigenvalue weighted by molar-refractivity contribution is -0.118. The van der Waals surface area contributed by atoms with E-state index in [0.717, 1.165) is 23.3 Å². The Morgan fingerprint density at radius 3 is 2.60 bits per heavy atom. The highest BCUT2D eigenvalue weighted by molar-refractivity contribution is 6.03. The Labute approximate surface area is 207 Å². The van der Waals surface area contributed by atoms with Crippen molar-refractivity contribution in [3.8, 4) is 11.3 Å². The Morgan fingerprint density at radius 2 is 1.86 bits per heavy atom. The van der Waals surface area contributed by atoms with Gasteiger partial charge in [0.25, 0.3) is 0 Å². The maximum atomic E-state index is 13.4. The second-order valence-electron chi connectivity index (χ2n) is 10.1. The van der Waals surface area contributed by atoms with Crippen LogP contribution in [0.25, 0.3) is 22.2 Å². The first-order valence-electron chi connectivity index (χ1n) is 12.8. The second kappa shape index (κ2) is 9.86. The number of aryl methyl sites for hydroxylation is 1. The van der Waals surface area contributed by atoms with Crippen molar-refractivity contribution in [1.82, 2.24) is 9.47 Å². The highest BCUT2D eigenvalue weighted by atomic mass is 16.5. The van der Waals surface area contributed by atoms with Gasteiger partial charge in [-0.25, -0.2) is 4.79 Å². The van der Waals surface area contributed by atoms with Gasteiger partial charge in [0.05, 0.1) is 24.1 Å². The van der Waals surface area contributed by atoms with Gasteiger partial charge >= 0.3 is 5.97 Å². The largest absolute Gasteiger partial charge is 0.465 e. The quantitative estimate of drug-likeness (QED) is 0.463. The van der Waals surface area contributed by atoms with Crippen molar-refractivity contribution >= 4 is 28.5 Å². The molecule has 1 aromatic heterocycles. The maximum absolute atomic E-state index is 13.4. The first kappa shape index (κ1) is 23.6. The third-order valence-electron chi connectivity index (χ3n) is 7.61. The van der Waals surface area contributed by atoms with Crippen molar-refractivity contribution in [3.05, 3.63) is 53.6 Å². The summed E-state index contributed by atoms with van der Waals surface area (Å²) in [5, 5.41) is 1.20. The van der Waals surface area contributed by atoms with E-state index in [1.165, 1.54) is 55.9 Å². The van der Waals surface area contributed by atoms with Crippen molar-refractivity contribution in [2.24, 2.45) is 0 Å². The molecule has 6 nitrogen and oxygen atoms in total. The molecule has 1 amide bonds. The number of fused-ring (bicyclic) bond motifs is 5. The average Bonchev–Trinajstić information content (AvgIpc) is 3.19. The molecule has 0 spiro atoms.